The van der Waals surface area contributed by atoms with Crippen molar-refractivity contribution in [3.8, 4) is 5.75 Å². The Hall–Kier alpha value is -2.56. The van der Waals surface area contributed by atoms with Gasteiger partial charge in [0.2, 0.25) is 0 Å². The van der Waals surface area contributed by atoms with Gasteiger partial charge in [-0.3, -0.25) is 9.69 Å². The highest BCUT2D eigenvalue weighted by molar-refractivity contribution is 6.08. The smallest absolute Gasteiger partial charge is 0.275 e. The van der Waals surface area contributed by atoms with E-state index in [1.807, 2.05) is 6.07 Å². The highest BCUT2D eigenvalue weighted by Gasteiger charge is 2.41. The van der Waals surface area contributed by atoms with Gasteiger partial charge in [-0.1, -0.05) is 12.1 Å². The van der Waals surface area contributed by atoms with Gasteiger partial charge in [0.1, 0.15) is 11.6 Å². The Kier molecular flexibility index (Phi) is 2.86. The Morgan fingerprint density at radius 2 is 1.90 bits per heavy atom. The third-order valence-corrected chi connectivity index (χ3v) is 3.43. The molecule has 4 nitrogen and oxygen atoms in total. The average molecular weight is 286 g/mol. The van der Waals surface area contributed by atoms with Crippen molar-refractivity contribution in [2.45, 2.75) is 19.4 Å². The van der Waals surface area contributed by atoms with Crippen LogP contribution in [0.15, 0.2) is 42.5 Å². The molecule has 0 unspecified atom stereocenters. The number of anilines is 3. The molecule has 1 heterocycles. The van der Waals surface area contributed by atoms with Crippen LogP contribution in [0.2, 0.25) is 0 Å². The molecule has 0 radical (unpaired) electrons. The number of carbonyl (C=O) groups excluding carboxylic acids is 1. The number of carbonyl (C=O) groups is 1. The molecule has 0 spiro atoms. The predicted octanol–water partition coefficient (Wildman–Crippen LogP) is 3.24. The molecule has 0 saturated carbocycles. The normalized spacial score (nSPS) is 16.3. The van der Waals surface area contributed by atoms with Crippen LogP contribution in [0, 0.1) is 5.82 Å². The number of nitrogens with two attached hydrogens (primary N) is 1. The van der Waals surface area contributed by atoms with E-state index < -0.39 is 11.4 Å². The molecule has 108 valence electrons. The van der Waals surface area contributed by atoms with Crippen LogP contribution in [-0.4, -0.2) is 11.5 Å². The number of amides is 1. The zero-order valence-electron chi connectivity index (χ0n) is 11.8. The Balaban J connectivity index is 2.19. The number of nitrogens with zero attached hydrogens (tertiary/aromatic N) is 1. The lowest BCUT2D eigenvalue weighted by atomic mass is 10.0. The van der Waals surface area contributed by atoms with Crippen LogP contribution in [-0.2, 0) is 4.79 Å². The van der Waals surface area contributed by atoms with Crippen molar-refractivity contribution in [1.82, 2.24) is 0 Å². The molecule has 2 aromatic carbocycles. The summed E-state index contributed by atoms with van der Waals surface area (Å²) in [5, 5.41) is 0. The number of fused-ring (bicyclic) bond motifs is 1. The molecule has 0 aliphatic carbocycles. The number of para-hydroxylation sites is 2. The third-order valence-electron chi connectivity index (χ3n) is 3.43. The molecule has 1 aliphatic heterocycles. The van der Waals surface area contributed by atoms with Crippen LogP contribution in [0.5, 0.6) is 5.75 Å². The van der Waals surface area contributed by atoms with Gasteiger partial charge in [0.25, 0.3) is 5.91 Å². The van der Waals surface area contributed by atoms with Crippen molar-refractivity contribution in [2.75, 3.05) is 10.6 Å². The van der Waals surface area contributed by atoms with Gasteiger partial charge >= 0.3 is 0 Å². The molecular formula is C16H15FN2O2. The van der Waals surface area contributed by atoms with Gasteiger partial charge < -0.3 is 10.5 Å². The van der Waals surface area contributed by atoms with Crippen molar-refractivity contribution in [1.29, 1.82) is 0 Å². The maximum atomic E-state index is 13.7. The van der Waals surface area contributed by atoms with Crippen LogP contribution in [0.1, 0.15) is 13.8 Å². The second kappa shape index (κ2) is 4.48. The first-order chi connectivity index (χ1) is 9.90. The van der Waals surface area contributed by atoms with Crippen LogP contribution < -0.4 is 15.4 Å². The van der Waals surface area contributed by atoms with Crippen molar-refractivity contribution in [3.63, 3.8) is 0 Å². The van der Waals surface area contributed by atoms with Crippen molar-refractivity contribution >= 4 is 23.0 Å². The number of benzene rings is 2. The summed E-state index contributed by atoms with van der Waals surface area (Å²) in [5.74, 6) is -0.230. The fourth-order valence-electron chi connectivity index (χ4n) is 2.34. The lowest BCUT2D eigenvalue weighted by Crippen LogP contribution is -2.50. The molecule has 0 bridgehead atoms. The quantitative estimate of drug-likeness (QED) is 0.819. The largest absolute Gasteiger partial charge is 0.476 e. The molecule has 2 aromatic rings. The predicted molar refractivity (Wildman–Crippen MR) is 79.1 cm³/mol. The van der Waals surface area contributed by atoms with Gasteiger partial charge in [0.15, 0.2) is 5.60 Å². The molecule has 1 aliphatic rings. The van der Waals surface area contributed by atoms with Gasteiger partial charge in [-0.05, 0) is 38.1 Å². The first kappa shape index (κ1) is 13.4. The van der Waals surface area contributed by atoms with Crippen molar-refractivity contribution < 1.29 is 13.9 Å². The highest BCUT2D eigenvalue weighted by Crippen LogP contribution is 2.41. The number of ether oxygens (including phenoxy) is 1. The summed E-state index contributed by atoms with van der Waals surface area (Å²) >= 11 is 0. The summed E-state index contributed by atoms with van der Waals surface area (Å²) in [7, 11) is 0. The number of nitrogen functional groups attached to an aromatic ring is 1. The second-order valence-electron chi connectivity index (χ2n) is 5.43. The van der Waals surface area contributed by atoms with E-state index in [4.69, 9.17) is 10.5 Å². The first-order valence-electron chi connectivity index (χ1n) is 6.58. The van der Waals surface area contributed by atoms with Gasteiger partial charge in [-0.2, -0.15) is 0 Å². The fraction of sp³-hybridized carbons (Fsp3) is 0.188. The highest BCUT2D eigenvalue weighted by atomic mass is 19.1. The molecule has 0 aromatic heterocycles. The molecule has 1 amide bonds. The Morgan fingerprint density at radius 3 is 2.62 bits per heavy atom. The minimum atomic E-state index is -1.02. The molecule has 2 N–H and O–H groups in total. The first-order valence-corrected chi connectivity index (χ1v) is 6.58. The van der Waals surface area contributed by atoms with E-state index in [-0.39, 0.29) is 11.6 Å². The lowest BCUT2D eigenvalue weighted by Gasteiger charge is -2.38. The molecule has 0 saturated heterocycles. The summed E-state index contributed by atoms with van der Waals surface area (Å²) < 4.78 is 19.5. The van der Waals surface area contributed by atoms with E-state index in [2.05, 4.69) is 0 Å². The molecule has 21 heavy (non-hydrogen) atoms. The zero-order valence-corrected chi connectivity index (χ0v) is 11.8. The minimum absolute atomic E-state index is 0.0482. The van der Waals surface area contributed by atoms with E-state index in [1.165, 1.54) is 17.0 Å². The fourth-order valence-corrected chi connectivity index (χ4v) is 2.34. The SMILES string of the molecule is CC1(C)Oc2ccccc2N(c2ccc(N)c(F)c2)C1=O. The summed E-state index contributed by atoms with van der Waals surface area (Å²) in [6.45, 7) is 3.37. The Labute approximate surface area is 121 Å². The maximum Gasteiger partial charge on any atom is 0.275 e. The number of halogens is 1. The van der Waals surface area contributed by atoms with Crippen molar-refractivity contribution in [2.24, 2.45) is 0 Å². The maximum absolute atomic E-state index is 13.7. The van der Waals surface area contributed by atoms with E-state index in [0.29, 0.717) is 17.1 Å². The number of hydrogen-bond acceptors (Lipinski definition) is 3. The molecule has 0 atom stereocenters. The van der Waals surface area contributed by atoms with E-state index in [9.17, 15) is 9.18 Å². The van der Waals surface area contributed by atoms with Gasteiger partial charge in [0.05, 0.1) is 17.1 Å². The lowest BCUT2D eigenvalue weighted by molar-refractivity contribution is -0.131. The number of hydrogen-bond donors (Lipinski definition) is 1. The monoisotopic (exact) mass is 286 g/mol. The summed E-state index contributed by atoms with van der Waals surface area (Å²) in [5.41, 5.74) is 5.54. The summed E-state index contributed by atoms with van der Waals surface area (Å²) in [6.07, 6.45) is 0. The van der Waals surface area contributed by atoms with Crippen LogP contribution in [0.3, 0.4) is 0 Å². The van der Waals surface area contributed by atoms with E-state index in [0.717, 1.165) is 0 Å². The summed E-state index contributed by atoms with van der Waals surface area (Å²) in [4.78, 5) is 14.1. The zero-order chi connectivity index (χ0) is 15.2. The van der Waals surface area contributed by atoms with Gasteiger partial charge in [0, 0.05) is 6.07 Å². The van der Waals surface area contributed by atoms with E-state index in [1.54, 1.807) is 38.1 Å². The molecular weight excluding hydrogens is 271 g/mol. The topological polar surface area (TPSA) is 55.6 Å². The average Bonchev–Trinajstić information content (AvgIpc) is 2.43. The standard InChI is InChI=1S/C16H15FN2O2/c1-16(2)15(20)19(10-7-8-12(18)11(17)9-10)13-5-3-4-6-14(13)21-16/h3-9H,18H2,1-2H3. The second-order valence-corrected chi connectivity index (χ2v) is 5.43. The molecule has 0 fully saturated rings. The number of rotatable bonds is 1. The van der Waals surface area contributed by atoms with Crippen LogP contribution in [0.25, 0.3) is 0 Å². The van der Waals surface area contributed by atoms with Crippen LogP contribution in [0.4, 0.5) is 21.5 Å². The van der Waals surface area contributed by atoms with Gasteiger partial charge in [-0.25, -0.2) is 4.39 Å². The Bertz CT molecular complexity index is 728. The molecule has 3 rings (SSSR count). The van der Waals surface area contributed by atoms with Crippen molar-refractivity contribution in [3.05, 3.63) is 48.3 Å². The van der Waals surface area contributed by atoms with E-state index >= 15 is 0 Å². The molecule has 5 heteroatoms. The minimum Gasteiger partial charge on any atom is -0.476 e. The van der Waals surface area contributed by atoms with Crippen LogP contribution >= 0.6 is 0 Å². The Morgan fingerprint density at radius 1 is 1.19 bits per heavy atom. The third kappa shape index (κ3) is 2.11. The van der Waals surface area contributed by atoms with Gasteiger partial charge in [-0.15, -0.1) is 0 Å². The summed E-state index contributed by atoms with van der Waals surface area (Å²) in [6, 6.07) is 11.5.